The minimum atomic E-state index is -3.34. The molecule has 10 heteroatoms. The number of carbonyl (C=O) groups excluding carboxylic acids is 2. The number of esters is 2. The zero-order chi connectivity index (χ0) is 17.7. The highest BCUT2D eigenvalue weighted by Crippen LogP contribution is 2.17. The Bertz CT molecular complexity index is 454. The van der Waals surface area contributed by atoms with E-state index in [-0.39, 0.29) is 0 Å². The van der Waals surface area contributed by atoms with Crippen LogP contribution in [0.15, 0.2) is 24.5 Å². The predicted molar refractivity (Wildman–Crippen MR) is 67.9 cm³/mol. The maximum absolute atomic E-state index is 11.7. The minimum absolute atomic E-state index is 0.643. The smallest absolute Gasteiger partial charge is 0.374 e. The molecule has 0 aromatic carbocycles. The Hall–Kier alpha value is -1.82. The van der Waals surface area contributed by atoms with Gasteiger partial charge in [0.25, 0.3) is 5.97 Å². The van der Waals surface area contributed by atoms with Crippen molar-refractivity contribution in [3.05, 3.63) is 24.5 Å². The van der Waals surface area contributed by atoms with Gasteiger partial charge in [-0.25, -0.2) is 9.59 Å². The first-order valence-corrected chi connectivity index (χ1v) is 5.90. The van der Waals surface area contributed by atoms with Crippen LogP contribution in [0.4, 0.5) is 0 Å². The maximum Gasteiger partial charge on any atom is 0.374 e. The molecule has 2 atom stereocenters. The van der Waals surface area contributed by atoms with Crippen molar-refractivity contribution in [1.82, 2.24) is 0 Å². The molecule has 0 saturated carbocycles. The molecule has 10 nitrogen and oxygen atoms in total. The van der Waals surface area contributed by atoms with Gasteiger partial charge >= 0.3 is 17.9 Å². The monoisotopic (exact) mass is 322 g/mol. The zero-order valence-corrected chi connectivity index (χ0v) is 11.8. The number of hydrogen-bond acceptors (Lipinski definition) is 10. The summed E-state index contributed by atoms with van der Waals surface area (Å²) in [5, 5.41) is 53.3. The molecule has 0 saturated heterocycles. The fraction of sp³-hybridized carbons (Fsp3) is 0.500. The van der Waals surface area contributed by atoms with Crippen LogP contribution in [0, 0.1) is 5.92 Å². The fourth-order valence-corrected chi connectivity index (χ4v) is 0.930. The van der Waals surface area contributed by atoms with Crippen molar-refractivity contribution in [1.29, 1.82) is 0 Å². The van der Waals surface area contributed by atoms with E-state index < -0.39 is 41.7 Å². The van der Waals surface area contributed by atoms with Gasteiger partial charge in [0.05, 0.1) is 5.92 Å². The Morgan fingerprint density at radius 1 is 1.05 bits per heavy atom. The van der Waals surface area contributed by atoms with Crippen LogP contribution >= 0.6 is 0 Å². The van der Waals surface area contributed by atoms with Crippen LogP contribution in [-0.4, -0.2) is 60.6 Å². The molecule has 0 aliphatic rings. The quantitative estimate of drug-likeness (QED) is 0.126. The van der Waals surface area contributed by atoms with Crippen LogP contribution in [-0.2, 0) is 19.1 Å². The van der Waals surface area contributed by atoms with Crippen molar-refractivity contribution in [2.24, 2.45) is 5.92 Å². The van der Waals surface area contributed by atoms with Crippen LogP contribution < -0.4 is 0 Å². The molecule has 0 aromatic rings. The van der Waals surface area contributed by atoms with E-state index in [1.165, 1.54) is 0 Å². The van der Waals surface area contributed by atoms with Crippen molar-refractivity contribution in [3.63, 3.8) is 0 Å². The Balaban J connectivity index is 5.32. The number of carbonyl (C=O) groups is 2. The van der Waals surface area contributed by atoms with E-state index in [4.69, 9.17) is 30.6 Å². The van der Waals surface area contributed by atoms with E-state index in [1.54, 1.807) is 0 Å². The van der Waals surface area contributed by atoms with Gasteiger partial charge in [-0.3, -0.25) is 0 Å². The lowest BCUT2D eigenvalue weighted by molar-refractivity contribution is -0.352. The van der Waals surface area contributed by atoms with Crippen molar-refractivity contribution < 1.29 is 49.7 Å². The van der Waals surface area contributed by atoms with Gasteiger partial charge in [0.1, 0.15) is 0 Å². The summed E-state index contributed by atoms with van der Waals surface area (Å²) >= 11 is 0. The van der Waals surface area contributed by atoms with Gasteiger partial charge < -0.3 is 40.1 Å². The summed E-state index contributed by atoms with van der Waals surface area (Å²) in [6, 6.07) is 0. The first kappa shape index (κ1) is 20.2. The summed E-state index contributed by atoms with van der Waals surface area (Å²) in [6.07, 6.45) is -0.499. The van der Waals surface area contributed by atoms with E-state index in [0.29, 0.717) is 12.2 Å². The molecule has 22 heavy (non-hydrogen) atoms. The molecule has 2 unspecified atom stereocenters. The van der Waals surface area contributed by atoms with Gasteiger partial charge in [0.15, 0.2) is 6.10 Å². The van der Waals surface area contributed by atoms with Gasteiger partial charge in [-0.15, -0.1) is 0 Å². The van der Waals surface area contributed by atoms with Crippen LogP contribution in [0.1, 0.15) is 13.8 Å². The third-order valence-corrected chi connectivity index (χ3v) is 2.42. The van der Waals surface area contributed by atoms with E-state index in [9.17, 15) is 9.59 Å². The predicted octanol–water partition coefficient (Wildman–Crippen LogP) is -2.57. The second-order valence-electron chi connectivity index (χ2n) is 4.37. The Morgan fingerprint density at radius 3 is 1.91 bits per heavy atom. The molecule has 0 amide bonds. The summed E-state index contributed by atoms with van der Waals surface area (Å²) in [6.45, 7) is 5.06. The lowest BCUT2D eigenvalue weighted by atomic mass is 10.1. The number of rotatable bonds is 7. The van der Waals surface area contributed by atoms with Crippen LogP contribution in [0.25, 0.3) is 0 Å². The highest BCUT2D eigenvalue weighted by molar-refractivity contribution is 5.92. The fourth-order valence-electron chi connectivity index (χ4n) is 0.930. The number of aliphatic hydroxyl groups is 6. The molecule has 0 spiro atoms. The third kappa shape index (κ3) is 6.76. The van der Waals surface area contributed by atoms with Gasteiger partial charge in [-0.1, -0.05) is 13.5 Å². The minimum Gasteiger partial charge on any atom is -0.448 e. The molecular formula is C12H18O10. The largest absolute Gasteiger partial charge is 0.448 e. The van der Waals surface area contributed by atoms with E-state index >= 15 is 0 Å². The van der Waals surface area contributed by atoms with Crippen molar-refractivity contribution in [3.8, 4) is 0 Å². The Morgan fingerprint density at radius 2 is 1.55 bits per heavy atom. The highest BCUT2D eigenvalue weighted by atomic mass is 16.7. The van der Waals surface area contributed by atoms with Gasteiger partial charge in [-0.05, 0) is 13.0 Å². The maximum atomic E-state index is 11.7. The molecule has 0 bridgehead atoms. The SMILES string of the molecule is C=CC(=O)O/C(=C\C(C)C(O)(O)O)C(=O)OC(C)C(O)(O)O. The van der Waals surface area contributed by atoms with Crippen molar-refractivity contribution in [2.75, 3.05) is 0 Å². The second-order valence-corrected chi connectivity index (χ2v) is 4.37. The van der Waals surface area contributed by atoms with E-state index in [0.717, 1.165) is 13.8 Å². The molecular weight excluding hydrogens is 304 g/mol. The van der Waals surface area contributed by atoms with Crippen LogP contribution in [0.2, 0.25) is 0 Å². The average Bonchev–Trinajstić information content (AvgIpc) is 2.34. The molecule has 0 fully saturated rings. The normalized spacial score (nSPS) is 15.7. The van der Waals surface area contributed by atoms with Crippen molar-refractivity contribution >= 4 is 11.9 Å². The first-order valence-electron chi connectivity index (χ1n) is 5.90. The van der Waals surface area contributed by atoms with Crippen LogP contribution in [0.5, 0.6) is 0 Å². The second kappa shape index (κ2) is 7.45. The number of ether oxygens (including phenoxy) is 2. The van der Waals surface area contributed by atoms with Gasteiger partial charge in [-0.2, -0.15) is 0 Å². The Labute approximate surface area is 125 Å². The molecule has 0 aliphatic heterocycles. The van der Waals surface area contributed by atoms with Gasteiger partial charge in [0.2, 0.25) is 5.76 Å². The topological polar surface area (TPSA) is 174 Å². The Kier molecular flexibility index (Phi) is 6.83. The first-order chi connectivity index (χ1) is 9.78. The lowest BCUT2D eigenvalue weighted by Crippen LogP contribution is -2.43. The van der Waals surface area contributed by atoms with Crippen molar-refractivity contribution in [2.45, 2.75) is 31.9 Å². The standard InChI is InChI=1S/C12H18O10/c1-4-9(13)22-8(5-6(2)11(15,16)17)10(14)21-7(3)12(18,19)20/h4-7,15-20H,1H2,2-3H3/b8-5-. The van der Waals surface area contributed by atoms with E-state index in [2.05, 4.69) is 16.1 Å². The van der Waals surface area contributed by atoms with Crippen LogP contribution in [0.3, 0.4) is 0 Å². The summed E-state index contributed by atoms with van der Waals surface area (Å²) in [7, 11) is 0. The average molecular weight is 322 g/mol. The lowest BCUT2D eigenvalue weighted by Gasteiger charge is -2.23. The highest BCUT2D eigenvalue weighted by Gasteiger charge is 2.34. The molecule has 126 valence electrons. The molecule has 6 N–H and O–H groups in total. The molecule has 0 radical (unpaired) electrons. The number of hydrogen-bond donors (Lipinski definition) is 6. The molecule has 0 aromatic heterocycles. The molecule has 0 aliphatic carbocycles. The van der Waals surface area contributed by atoms with E-state index in [1.807, 2.05) is 0 Å². The zero-order valence-electron chi connectivity index (χ0n) is 11.8. The third-order valence-electron chi connectivity index (χ3n) is 2.42. The van der Waals surface area contributed by atoms with Gasteiger partial charge in [0, 0.05) is 6.08 Å². The molecule has 0 heterocycles. The molecule has 0 rings (SSSR count). The summed E-state index contributed by atoms with van der Waals surface area (Å²) in [5.41, 5.74) is 0. The summed E-state index contributed by atoms with van der Waals surface area (Å²) in [4.78, 5) is 22.8. The summed E-state index contributed by atoms with van der Waals surface area (Å²) in [5.74, 6) is -11.5. The summed E-state index contributed by atoms with van der Waals surface area (Å²) < 4.78 is 8.91.